The van der Waals surface area contributed by atoms with Gasteiger partial charge in [0.2, 0.25) is 0 Å². The van der Waals surface area contributed by atoms with Crippen LogP contribution in [0.25, 0.3) is 0 Å². The van der Waals surface area contributed by atoms with Gasteiger partial charge in [0.05, 0.1) is 6.61 Å². The lowest BCUT2D eigenvalue weighted by Crippen LogP contribution is -2.39. The summed E-state index contributed by atoms with van der Waals surface area (Å²) in [6.07, 6.45) is 3.82. The first-order valence-electron chi connectivity index (χ1n) is 8.26. The Hall–Kier alpha value is -1.06. The van der Waals surface area contributed by atoms with Gasteiger partial charge in [-0.3, -0.25) is 0 Å². The summed E-state index contributed by atoms with van der Waals surface area (Å²) in [5.41, 5.74) is 2.49. The third-order valence-electron chi connectivity index (χ3n) is 4.32. The molecule has 0 spiro atoms. The molecule has 118 valence electrons. The van der Waals surface area contributed by atoms with E-state index < -0.39 is 0 Å². The summed E-state index contributed by atoms with van der Waals surface area (Å²) in [6.45, 7) is 9.84. The number of likely N-dealkylation sites (tertiary alicyclic amines) is 1. The topological polar surface area (TPSA) is 24.5 Å². The lowest BCUT2D eigenvalue weighted by Gasteiger charge is -2.32. The molecule has 1 saturated heterocycles. The van der Waals surface area contributed by atoms with Gasteiger partial charge in [-0.1, -0.05) is 12.1 Å². The van der Waals surface area contributed by atoms with Crippen LogP contribution in [0.2, 0.25) is 0 Å². The first-order valence-corrected chi connectivity index (χ1v) is 8.26. The average molecular weight is 290 g/mol. The predicted molar refractivity (Wildman–Crippen MR) is 89.1 cm³/mol. The van der Waals surface area contributed by atoms with Crippen molar-refractivity contribution >= 4 is 0 Å². The smallest absolute Gasteiger partial charge is 0.122 e. The maximum atomic E-state index is 5.94. The largest absolute Gasteiger partial charge is 0.493 e. The molecule has 1 aliphatic rings. The van der Waals surface area contributed by atoms with Gasteiger partial charge in [-0.2, -0.15) is 0 Å². The van der Waals surface area contributed by atoms with E-state index in [1.165, 1.54) is 37.1 Å². The number of ether oxygens (including phenoxy) is 1. The van der Waals surface area contributed by atoms with E-state index in [-0.39, 0.29) is 0 Å². The summed E-state index contributed by atoms with van der Waals surface area (Å²) in [6, 6.07) is 6.41. The van der Waals surface area contributed by atoms with Crippen molar-refractivity contribution in [2.24, 2.45) is 5.92 Å². The Morgan fingerprint density at radius 3 is 3.00 bits per heavy atom. The first-order chi connectivity index (χ1) is 10.2. The van der Waals surface area contributed by atoms with Gasteiger partial charge < -0.3 is 15.0 Å². The van der Waals surface area contributed by atoms with E-state index in [0.29, 0.717) is 0 Å². The summed E-state index contributed by atoms with van der Waals surface area (Å²) < 4.78 is 5.94. The molecule has 0 radical (unpaired) electrons. The Morgan fingerprint density at radius 1 is 1.33 bits per heavy atom. The molecule has 1 aromatic carbocycles. The van der Waals surface area contributed by atoms with Crippen LogP contribution in [0.4, 0.5) is 0 Å². The number of hydrogen-bond acceptors (Lipinski definition) is 3. The van der Waals surface area contributed by atoms with Gasteiger partial charge in [0.15, 0.2) is 0 Å². The maximum Gasteiger partial charge on any atom is 0.122 e. The summed E-state index contributed by atoms with van der Waals surface area (Å²) in [4.78, 5) is 2.60. The van der Waals surface area contributed by atoms with E-state index in [2.05, 4.69) is 49.3 Å². The standard InChI is InChI=1S/C18H30N2O/c1-15-7-8-16(2)18(12-15)21-11-5-10-20-9-4-6-17(14-20)13-19-3/h7-8,12,17,19H,4-6,9-11,13-14H2,1-3H3. The van der Waals surface area contributed by atoms with Crippen molar-refractivity contribution in [3.63, 3.8) is 0 Å². The molecule has 1 fully saturated rings. The van der Waals surface area contributed by atoms with Gasteiger partial charge in [0.25, 0.3) is 0 Å². The Labute approximate surface area is 129 Å². The highest BCUT2D eigenvalue weighted by Gasteiger charge is 2.18. The van der Waals surface area contributed by atoms with Crippen molar-refractivity contribution in [2.75, 3.05) is 39.8 Å². The van der Waals surface area contributed by atoms with Crippen LogP contribution in [-0.4, -0.2) is 44.7 Å². The Bertz CT molecular complexity index is 431. The maximum absolute atomic E-state index is 5.94. The lowest BCUT2D eigenvalue weighted by molar-refractivity contribution is 0.161. The quantitative estimate of drug-likeness (QED) is 0.781. The number of rotatable bonds is 7. The minimum absolute atomic E-state index is 0.817. The SMILES string of the molecule is CNCC1CCCN(CCCOc2cc(C)ccc2C)C1. The van der Waals surface area contributed by atoms with E-state index >= 15 is 0 Å². The Balaban J connectivity index is 1.68. The van der Waals surface area contributed by atoms with Crippen molar-refractivity contribution in [1.82, 2.24) is 10.2 Å². The highest BCUT2D eigenvalue weighted by Crippen LogP contribution is 2.19. The molecule has 3 nitrogen and oxygen atoms in total. The minimum Gasteiger partial charge on any atom is -0.493 e. The highest BCUT2D eigenvalue weighted by molar-refractivity contribution is 5.35. The number of hydrogen-bond donors (Lipinski definition) is 1. The van der Waals surface area contributed by atoms with Gasteiger partial charge in [0.1, 0.15) is 5.75 Å². The first kappa shape index (κ1) is 16.3. The molecular weight excluding hydrogens is 260 g/mol. The number of aryl methyl sites for hydroxylation is 2. The molecule has 1 aromatic rings. The third-order valence-corrected chi connectivity index (χ3v) is 4.32. The molecule has 0 saturated carbocycles. The predicted octanol–water partition coefficient (Wildman–Crippen LogP) is 3.00. The number of piperidine rings is 1. The second kappa shape index (κ2) is 8.40. The number of nitrogens with zero attached hydrogens (tertiary/aromatic N) is 1. The van der Waals surface area contributed by atoms with Gasteiger partial charge in [-0.15, -0.1) is 0 Å². The fraction of sp³-hybridized carbons (Fsp3) is 0.667. The fourth-order valence-electron chi connectivity index (χ4n) is 3.14. The second-order valence-electron chi connectivity index (χ2n) is 6.34. The molecule has 1 N–H and O–H groups in total. The van der Waals surface area contributed by atoms with E-state index in [1.54, 1.807) is 0 Å². The van der Waals surface area contributed by atoms with Crippen LogP contribution in [-0.2, 0) is 0 Å². The molecule has 1 atom stereocenters. The van der Waals surface area contributed by atoms with Crippen LogP contribution >= 0.6 is 0 Å². The fourth-order valence-corrected chi connectivity index (χ4v) is 3.14. The Morgan fingerprint density at radius 2 is 2.19 bits per heavy atom. The molecule has 1 heterocycles. The zero-order chi connectivity index (χ0) is 15.1. The Kier molecular flexibility index (Phi) is 6.52. The zero-order valence-electron chi connectivity index (χ0n) is 13.8. The molecule has 21 heavy (non-hydrogen) atoms. The van der Waals surface area contributed by atoms with Crippen molar-refractivity contribution in [2.45, 2.75) is 33.1 Å². The van der Waals surface area contributed by atoms with Crippen LogP contribution in [0.5, 0.6) is 5.75 Å². The minimum atomic E-state index is 0.817. The van der Waals surface area contributed by atoms with Gasteiger partial charge >= 0.3 is 0 Å². The van der Waals surface area contributed by atoms with E-state index in [1.807, 2.05) is 0 Å². The van der Waals surface area contributed by atoms with Gasteiger partial charge in [-0.05, 0) is 76.4 Å². The van der Waals surface area contributed by atoms with Gasteiger partial charge in [0, 0.05) is 13.1 Å². The van der Waals surface area contributed by atoms with E-state index in [0.717, 1.165) is 37.8 Å². The lowest BCUT2D eigenvalue weighted by atomic mass is 9.98. The van der Waals surface area contributed by atoms with Crippen LogP contribution in [0.15, 0.2) is 18.2 Å². The van der Waals surface area contributed by atoms with Crippen molar-refractivity contribution < 1.29 is 4.74 Å². The molecular formula is C18H30N2O. The number of benzene rings is 1. The molecule has 2 rings (SSSR count). The highest BCUT2D eigenvalue weighted by atomic mass is 16.5. The third kappa shape index (κ3) is 5.33. The summed E-state index contributed by atoms with van der Waals surface area (Å²) in [7, 11) is 2.05. The number of nitrogens with one attached hydrogen (secondary N) is 1. The molecule has 0 bridgehead atoms. The van der Waals surface area contributed by atoms with Crippen LogP contribution in [0, 0.1) is 19.8 Å². The summed E-state index contributed by atoms with van der Waals surface area (Å²) >= 11 is 0. The van der Waals surface area contributed by atoms with E-state index in [9.17, 15) is 0 Å². The van der Waals surface area contributed by atoms with Crippen molar-refractivity contribution in [3.8, 4) is 5.75 Å². The van der Waals surface area contributed by atoms with Crippen molar-refractivity contribution in [1.29, 1.82) is 0 Å². The molecule has 1 unspecified atom stereocenters. The average Bonchev–Trinajstić information content (AvgIpc) is 2.48. The second-order valence-corrected chi connectivity index (χ2v) is 6.34. The summed E-state index contributed by atoms with van der Waals surface area (Å²) in [5, 5.41) is 3.31. The van der Waals surface area contributed by atoms with Crippen molar-refractivity contribution in [3.05, 3.63) is 29.3 Å². The monoisotopic (exact) mass is 290 g/mol. The van der Waals surface area contributed by atoms with Crippen LogP contribution < -0.4 is 10.1 Å². The molecule has 0 amide bonds. The van der Waals surface area contributed by atoms with E-state index in [4.69, 9.17) is 4.74 Å². The molecule has 3 heteroatoms. The molecule has 0 aromatic heterocycles. The van der Waals surface area contributed by atoms with Crippen LogP contribution in [0.1, 0.15) is 30.4 Å². The molecule has 0 aliphatic carbocycles. The van der Waals surface area contributed by atoms with Gasteiger partial charge in [-0.25, -0.2) is 0 Å². The normalized spacial score (nSPS) is 19.7. The van der Waals surface area contributed by atoms with Crippen LogP contribution in [0.3, 0.4) is 0 Å². The summed E-state index contributed by atoms with van der Waals surface area (Å²) in [5.74, 6) is 1.87. The zero-order valence-corrected chi connectivity index (χ0v) is 13.8. The molecule has 1 aliphatic heterocycles.